The number of aliphatic carboxylic acids is 1. The summed E-state index contributed by atoms with van der Waals surface area (Å²) < 4.78 is 4.43. The van der Waals surface area contributed by atoms with Gasteiger partial charge in [0.2, 0.25) is 0 Å². The standard InChI is InChI=1S/C8H10O4/c1-7(9)12-6-4-2-3-5-8(10)11/h2-4,6H,5H2,1H3,(H,10,11)/b3-2+,6-4+. The molecule has 0 unspecified atom stereocenters. The minimum Gasteiger partial charge on any atom is -0.481 e. The van der Waals surface area contributed by atoms with Crippen LogP contribution in [-0.2, 0) is 14.3 Å². The number of carbonyl (C=O) groups excluding carboxylic acids is 1. The van der Waals surface area contributed by atoms with Gasteiger partial charge in [0.15, 0.2) is 0 Å². The van der Waals surface area contributed by atoms with Gasteiger partial charge in [0.1, 0.15) is 0 Å². The molecule has 12 heavy (non-hydrogen) atoms. The van der Waals surface area contributed by atoms with Gasteiger partial charge in [-0.25, -0.2) is 0 Å². The van der Waals surface area contributed by atoms with Crippen molar-refractivity contribution in [3.63, 3.8) is 0 Å². The lowest BCUT2D eigenvalue weighted by molar-refractivity contribution is -0.136. The smallest absolute Gasteiger partial charge is 0.307 e. The van der Waals surface area contributed by atoms with Crippen LogP contribution in [0.15, 0.2) is 24.5 Å². The monoisotopic (exact) mass is 170 g/mol. The zero-order valence-electron chi connectivity index (χ0n) is 6.69. The van der Waals surface area contributed by atoms with Crippen molar-refractivity contribution in [2.24, 2.45) is 0 Å². The van der Waals surface area contributed by atoms with Crippen LogP contribution in [0, 0.1) is 0 Å². The second-order valence-electron chi connectivity index (χ2n) is 1.96. The van der Waals surface area contributed by atoms with Crippen molar-refractivity contribution in [2.75, 3.05) is 0 Å². The summed E-state index contributed by atoms with van der Waals surface area (Å²) >= 11 is 0. The van der Waals surface area contributed by atoms with Gasteiger partial charge in [0.05, 0.1) is 12.7 Å². The average molecular weight is 170 g/mol. The van der Waals surface area contributed by atoms with Gasteiger partial charge in [-0.15, -0.1) is 0 Å². The zero-order valence-corrected chi connectivity index (χ0v) is 6.69. The highest BCUT2D eigenvalue weighted by Crippen LogP contribution is 1.85. The Balaban J connectivity index is 3.52. The van der Waals surface area contributed by atoms with Crippen LogP contribution >= 0.6 is 0 Å². The van der Waals surface area contributed by atoms with E-state index in [9.17, 15) is 9.59 Å². The average Bonchev–Trinajstić information content (AvgIpc) is 1.95. The number of carboxylic acids is 1. The number of esters is 1. The summed E-state index contributed by atoms with van der Waals surface area (Å²) in [5, 5.41) is 8.20. The summed E-state index contributed by atoms with van der Waals surface area (Å²) in [5.41, 5.74) is 0. The Bertz CT molecular complexity index is 191. The molecule has 0 aliphatic rings. The largest absolute Gasteiger partial charge is 0.481 e. The third-order valence-corrected chi connectivity index (χ3v) is 0.852. The van der Waals surface area contributed by atoms with Crippen molar-refractivity contribution < 1.29 is 19.4 Å². The molecule has 0 saturated heterocycles. The molecular formula is C8H10O4. The van der Waals surface area contributed by atoms with Crippen LogP contribution in [-0.4, -0.2) is 17.0 Å². The van der Waals surface area contributed by atoms with Crippen LogP contribution in [0.5, 0.6) is 0 Å². The molecule has 0 spiro atoms. The first-order valence-electron chi connectivity index (χ1n) is 3.33. The topological polar surface area (TPSA) is 63.6 Å². The maximum atomic E-state index is 10.2. The second-order valence-corrected chi connectivity index (χ2v) is 1.96. The number of allylic oxidation sites excluding steroid dienone is 2. The maximum Gasteiger partial charge on any atom is 0.307 e. The van der Waals surface area contributed by atoms with Crippen molar-refractivity contribution in [1.82, 2.24) is 0 Å². The Labute approximate surface area is 70.1 Å². The predicted octanol–water partition coefficient (Wildman–Crippen LogP) is 1.09. The quantitative estimate of drug-likeness (QED) is 0.389. The van der Waals surface area contributed by atoms with E-state index in [1.54, 1.807) is 0 Å². The van der Waals surface area contributed by atoms with Gasteiger partial charge in [0, 0.05) is 6.92 Å². The summed E-state index contributed by atoms with van der Waals surface area (Å²) in [4.78, 5) is 20.2. The molecule has 0 heterocycles. The van der Waals surface area contributed by atoms with Gasteiger partial charge >= 0.3 is 11.9 Å². The first-order valence-corrected chi connectivity index (χ1v) is 3.33. The van der Waals surface area contributed by atoms with Gasteiger partial charge in [-0.1, -0.05) is 12.2 Å². The van der Waals surface area contributed by atoms with E-state index in [1.165, 1.54) is 31.4 Å². The van der Waals surface area contributed by atoms with E-state index >= 15 is 0 Å². The maximum absolute atomic E-state index is 10.2. The molecule has 0 saturated carbocycles. The van der Waals surface area contributed by atoms with E-state index < -0.39 is 11.9 Å². The molecule has 4 nitrogen and oxygen atoms in total. The highest BCUT2D eigenvalue weighted by Gasteiger charge is 1.87. The Hall–Kier alpha value is -1.58. The summed E-state index contributed by atoms with van der Waals surface area (Å²) in [5.74, 6) is -1.30. The lowest BCUT2D eigenvalue weighted by atomic mass is 10.4. The Morgan fingerprint density at radius 2 is 2.08 bits per heavy atom. The number of carbonyl (C=O) groups is 2. The SMILES string of the molecule is CC(=O)O/C=C/C=C/CC(=O)O. The lowest BCUT2D eigenvalue weighted by Gasteiger charge is -1.86. The molecule has 4 heteroatoms. The fraction of sp³-hybridized carbons (Fsp3) is 0.250. The van der Waals surface area contributed by atoms with Crippen molar-refractivity contribution in [3.05, 3.63) is 24.5 Å². The van der Waals surface area contributed by atoms with Crippen LogP contribution in [0.4, 0.5) is 0 Å². The Kier molecular flexibility index (Phi) is 5.34. The molecule has 0 aromatic carbocycles. The molecule has 66 valence electrons. The molecule has 0 bridgehead atoms. The predicted molar refractivity (Wildman–Crippen MR) is 42.3 cm³/mol. The lowest BCUT2D eigenvalue weighted by Crippen LogP contribution is -1.90. The first kappa shape index (κ1) is 10.4. The van der Waals surface area contributed by atoms with Gasteiger partial charge in [-0.05, 0) is 6.08 Å². The van der Waals surface area contributed by atoms with Crippen molar-refractivity contribution in [3.8, 4) is 0 Å². The Morgan fingerprint density at radius 3 is 2.58 bits per heavy atom. The van der Waals surface area contributed by atoms with Gasteiger partial charge in [-0.3, -0.25) is 9.59 Å². The molecule has 0 radical (unpaired) electrons. The second kappa shape index (κ2) is 6.15. The molecule has 0 aromatic heterocycles. The summed E-state index contributed by atoms with van der Waals surface area (Å²) in [6, 6.07) is 0. The molecule has 0 amide bonds. The molecule has 0 rings (SSSR count). The van der Waals surface area contributed by atoms with Gasteiger partial charge < -0.3 is 9.84 Å². The number of ether oxygens (including phenoxy) is 1. The van der Waals surface area contributed by atoms with Crippen LogP contribution in [0.1, 0.15) is 13.3 Å². The summed E-state index contributed by atoms with van der Waals surface area (Å²) in [6.07, 6.45) is 5.55. The van der Waals surface area contributed by atoms with E-state index in [-0.39, 0.29) is 6.42 Å². The number of hydrogen-bond donors (Lipinski definition) is 1. The number of hydrogen-bond acceptors (Lipinski definition) is 3. The molecule has 0 fully saturated rings. The molecule has 1 N–H and O–H groups in total. The fourth-order valence-corrected chi connectivity index (χ4v) is 0.428. The van der Waals surface area contributed by atoms with E-state index in [0.717, 1.165) is 0 Å². The van der Waals surface area contributed by atoms with E-state index in [0.29, 0.717) is 0 Å². The third-order valence-electron chi connectivity index (χ3n) is 0.852. The number of carboxylic acid groups (broad SMARTS) is 1. The molecule has 0 aliphatic carbocycles. The van der Waals surface area contributed by atoms with Crippen LogP contribution in [0.3, 0.4) is 0 Å². The highest BCUT2D eigenvalue weighted by atomic mass is 16.5. The minimum atomic E-state index is -0.896. The van der Waals surface area contributed by atoms with Crippen LogP contribution < -0.4 is 0 Å². The van der Waals surface area contributed by atoms with Crippen LogP contribution in [0.25, 0.3) is 0 Å². The molecule has 0 atom stereocenters. The Morgan fingerprint density at radius 1 is 1.42 bits per heavy atom. The first-order chi connectivity index (χ1) is 5.63. The normalized spacial score (nSPS) is 10.8. The summed E-state index contributed by atoms with van der Waals surface area (Å²) in [6.45, 7) is 1.28. The highest BCUT2D eigenvalue weighted by molar-refractivity contribution is 5.68. The van der Waals surface area contributed by atoms with E-state index in [2.05, 4.69) is 4.74 Å². The zero-order chi connectivity index (χ0) is 9.40. The van der Waals surface area contributed by atoms with Crippen LogP contribution in [0.2, 0.25) is 0 Å². The van der Waals surface area contributed by atoms with Crippen molar-refractivity contribution in [1.29, 1.82) is 0 Å². The third kappa shape index (κ3) is 8.42. The van der Waals surface area contributed by atoms with E-state index in [1.807, 2.05) is 0 Å². The summed E-state index contributed by atoms with van der Waals surface area (Å²) in [7, 11) is 0. The molecule has 0 aromatic rings. The number of rotatable bonds is 4. The molecular weight excluding hydrogens is 160 g/mol. The van der Waals surface area contributed by atoms with E-state index in [4.69, 9.17) is 5.11 Å². The van der Waals surface area contributed by atoms with Crippen molar-refractivity contribution >= 4 is 11.9 Å². The van der Waals surface area contributed by atoms with Gasteiger partial charge in [0.25, 0.3) is 0 Å². The van der Waals surface area contributed by atoms with Gasteiger partial charge in [-0.2, -0.15) is 0 Å². The van der Waals surface area contributed by atoms with Crippen molar-refractivity contribution in [2.45, 2.75) is 13.3 Å². The minimum absolute atomic E-state index is 0.0373. The molecule has 0 aliphatic heterocycles. The fourth-order valence-electron chi connectivity index (χ4n) is 0.428.